The number of amides is 1. The first kappa shape index (κ1) is 34.2. The van der Waals surface area contributed by atoms with E-state index >= 15 is 0 Å². The first-order chi connectivity index (χ1) is 18.0. The topological polar surface area (TPSA) is 90.1 Å². The number of hydrogen-bond acceptors (Lipinski definition) is 9. The van der Waals surface area contributed by atoms with Crippen LogP contribution in [-0.2, 0) is 30.2 Å². The van der Waals surface area contributed by atoms with Crippen LogP contribution in [0.3, 0.4) is 0 Å². The van der Waals surface area contributed by atoms with E-state index in [0.717, 1.165) is 49.5 Å². The van der Waals surface area contributed by atoms with Gasteiger partial charge in [-0.15, -0.1) is 0 Å². The number of carbonyl (C=O) groups is 1. The summed E-state index contributed by atoms with van der Waals surface area (Å²) < 4.78 is 22.3. The fourth-order valence-electron chi connectivity index (χ4n) is 3.06. The molecule has 37 heavy (non-hydrogen) atoms. The second-order valence-corrected chi connectivity index (χ2v) is 11.4. The molecule has 0 saturated carbocycles. The van der Waals surface area contributed by atoms with E-state index in [1.54, 1.807) is 21.6 Å². The highest BCUT2D eigenvalue weighted by Crippen LogP contribution is 2.34. The number of unbranched alkanes of at least 4 members (excludes halogenated alkanes) is 1. The normalized spacial score (nSPS) is 12.2. The molecule has 0 radical (unpaired) electrons. The van der Waals surface area contributed by atoms with E-state index < -0.39 is 0 Å². The molecular formula is C27H49N3O5S2. The minimum absolute atomic E-state index is 0.00473. The Labute approximate surface area is 232 Å². The van der Waals surface area contributed by atoms with Gasteiger partial charge >= 0.3 is 0 Å². The van der Waals surface area contributed by atoms with Crippen LogP contribution in [0.2, 0.25) is 0 Å². The highest BCUT2D eigenvalue weighted by Gasteiger charge is 2.06. The molecular weight excluding hydrogens is 510 g/mol. The van der Waals surface area contributed by atoms with Gasteiger partial charge in [0.15, 0.2) is 0 Å². The highest BCUT2D eigenvalue weighted by molar-refractivity contribution is 8.76. The predicted molar refractivity (Wildman–Crippen MR) is 155 cm³/mol. The van der Waals surface area contributed by atoms with Crippen molar-refractivity contribution in [3.8, 4) is 0 Å². The van der Waals surface area contributed by atoms with Crippen molar-refractivity contribution >= 4 is 27.5 Å². The van der Waals surface area contributed by atoms with Crippen molar-refractivity contribution < 1.29 is 23.7 Å². The first-order valence-corrected chi connectivity index (χ1v) is 15.7. The van der Waals surface area contributed by atoms with Crippen molar-refractivity contribution in [2.24, 2.45) is 0 Å². The lowest BCUT2D eigenvalue weighted by atomic mass is 10.1. The van der Waals surface area contributed by atoms with E-state index in [9.17, 15) is 4.79 Å². The van der Waals surface area contributed by atoms with E-state index in [2.05, 4.69) is 55.8 Å². The van der Waals surface area contributed by atoms with Crippen molar-refractivity contribution in [2.75, 3.05) is 72.4 Å². The van der Waals surface area contributed by atoms with Crippen LogP contribution in [0.4, 0.5) is 0 Å². The molecule has 214 valence electrons. The van der Waals surface area contributed by atoms with Crippen LogP contribution in [0, 0.1) is 0 Å². The molecule has 0 aromatic heterocycles. The van der Waals surface area contributed by atoms with Gasteiger partial charge in [-0.2, -0.15) is 0 Å². The van der Waals surface area contributed by atoms with E-state index in [0.29, 0.717) is 58.6 Å². The second-order valence-electron chi connectivity index (χ2n) is 8.80. The van der Waals surface area contributed by atoms with Crippen LogP contribution >= 0.6 is 21.6 Å². The Balaban J connectivity index is 1.99. The van der Waals surface area contributed by atoms with Crippen LogP contribution in [-0.4, -0.2) is 89.8 Å². The molecule has 0 fully saturated rings. The third kappa shape index (κ3) is 21.7. The standard InChI is InChI=1S/C27H49N3O5S2/c1-5-28-12-6-7-15-35-24(4)36-37-26-10-8-25(9-11-26)22-27(31)30-14-17-33-19-21-34-20-18-32-16-13-29-23(2)3/h8-11,23-24,28-29H,5-7,12-22H2,1-4H3,(H,30,31). The number of rotatable bonds is 25. The fraction of sp³-hybridized carbons (Fsp3) is 0.741. The van der Waals surface area contributed by atoms with Crippen LogP contribution in [0.25, 0.3) is 0 Å². The molecule has 1 unspecified atom stereocenters. The number of nitrogens with one attached hydrogen (secondary N) is 3. The molecule has 0 aliphatic carbocycles. The van der Waals surface area contributed by atoms with Gasteiger partial charge in [-0.25, -0.2) is 0 Å². The summed E-state index contributed by atoms with van der Waals surface area (Å²) in [6.07, 6.45) is 2.58. The summed E-state index contributed by atoms with van der Waals surface area (Å²) in [5.41, 5.74) is 1.13. The smallest absolute Gasteiger partial charge is 0.224 e. The first-order valence-electron chi connectivity index (χ1n) is 13.5. The molecule has 0 heterocycles. The summed E-state index contributed by atoms with van der Waals surface area (Å²) in [4.78, 5) is 13.3. The predicted octanol–water partition coefficient (Wildman–Crippen LogP) is 3.89. The zero-order valence-electron chi connectivity index (χ0n) is 23.2. The molecule has 8 nitrogen and oxygen atoms in total. The van der Waals surface area contributed by atoms with Gasteiger partial charge in [0, 0.05) is 30.6 Å². The molecule has 1 atom stereocenters. The fourth-order valence-corrected chi connectivity index (χ4v) is 4.95. The molecule has 1 aromatic rings. The van der Waals surface area contributed by atoms with Crippen LogP contribution < -0.4 is 16.0 Å². The van der Waals surface area contributed by atoms with Crippen molar-refractivity contribution in [3.63, 3.8) is 0 Å². The zero-order chi connectivity index (χ0) is 27.0. The summed E-state index contributed by atoms with van der Waals surface area (Å²) in [7, 11) is 3.41. The second kappa shape index (κ2) is 24.2. The molecule has 1 aromatic carbocycles. The lowest BCUT2D eigenvalue weighted by molar-refractivity contribution is -0.120. The zero-order valence-corrected chi connectivity index (χ0v) is 24.9. The average molecular weight is 560 g/mol. The monoisotopic (exact) mass is 559 g/mol. The molecule has 1 rings (SSSR count). The molecule has 0 aliphatic rings. The maximum absolute atomic E-state index is 12.2. The number of hydrogen-bond donors (Lipinski definition) is 3. The summed E-state index contributed by atoms with van der Waals surface area (Å²) in [5.74, 6) is -0.00473. The minimum atomic E-state index is -0.00473. The summed E-state index contributed by atoms with van der Waals surface area (Å²) in [5, 5.41) is 9.52. The Hall–Kier alpha value is -0.850. The molecule has 0 bridgehead atoms. The SMILES string of the molecule is CCNCCCCOC(C)SSc1ccc(CC(=O)NCCOCCOCCOCCNC(C)C)cc1. The van der Waals surface area contributed by atoms with Crippen molar-refractivity contribution in [1.29, 1.82) is 0 Å². The summed E-state index contributed by atoms with van der Waals surface area (Å²) in [6.45, 7) is 16.0. The van der Waals surface area contributed by atoms with Gasteiger partial charge in [0.25, 0.3) is 0 Å². The van der Waals surface area contributed by atoms with Crippen LogP contribution in [0.15, 0.2) is 29.2 Å². The number of benzene rings is 1. The summed E-state index contributed by atoms with van der Waals surface area (Å²) >= 11 is 0. The van der Waals surface area contributed by atoms with Gasteiger partial charge in [0.1, 0.15) is 5.44 Å². The van der Waals surface area contributed by atoms with Crippen molar-refractivity contribution in [2.45, 2.75) is 63.3 Å². The van der Waals surface area contributed by atoms with Gasteiger partial charge in [0.2, 0.25) is 5.91 Å². The lowest BCUT2D eigenvalue weighted by Gasteiger charge is -2.12. The highest BCUT2D eigenvalue weighted by atomic mass is 33.1. The number of carbonyl (C=O) groups excluding carboxylic acids is 1. The molecule has 0 aliphatic heterocycles. The van der Waals surface area contributed by atoms with Crippen molar-refractivity contribution in [3.05, 3.63) is 29.8 Å². The maximum Gasteiger partial charge on any atom is 0.224 e. The maximum atomic E-state index is 12.2. The molecule has 10 heteroatoms. The average Bonchev–Trinajstić information content (AvgIpc) is 2.88. The van der Waals surface area contributed by atoms with E-state index in [1.165, 1.54) is 0 Å². The Morgan fingerprint density at radius 2 is 1.49 bits per heavy atom. The van der Waals surface area contributed by atoms with Gasteiger partial charge < -0.3 is 34.9 Å². The molecule has 0 saturated heterocycles. The molecule has 1 amide bonds. The third-order valence-electron chi connectivity index (χ3n) is 5.03. The number of ether oxygens (including phenoxy) is 4. The van der Waals surface area contributed by atoms with E-state index in [1.807, 2.05) is 12.1 Å². The Morgan fingerprint density at radius 3 is 2.14 bits per heavy atom. The third-order valence-corrected chi connectivity index (χ3v) is 7.68. The summed E-state index contributed by atoms with van der Waals surface area (Å²) in [6, 6.07) is 8.60. The minimum Gasteiger partial charge on any atom is -0.378 e. The Kier molecular flexibility index (Phi) is 22.4. The molecule has 3 N–H and O–H groups in total. The van der Waals surface area contributed by atoms with Crippen LogP contribution in [0.1, 0.15) is 46.1 Å². The Morgan fingerprint density at radius 1 is 0.838 bits per heavy atom. The van der Waals surface area contributed by atoms with Gasteiger partial charge in [0.05, 0.1) is 46.1 Å². The molecule has 0 spiro atoms. The van der Waals surface area contributed by atoms with Crippen molar-refractivity contribution in [1.82, 2.24) is 16.0 Å². The lowest BCUT2D eigenvalue weighted by Crippen LogP contribution is -2.29. The quantitative estimate of drug-likeness (QED) is 0.0938. The van der Waals surface area contributed by atoms with Crippen LogP contribution in [0.5, 0.6) is 0 Å². The van der Waals surface area contributed by atoms with Gasteiger partial charge in [-0.05, 0) is 50.6 Å². The Bertz CT molecular complexity index is 668. The largest absolute Gasteiger partial charge is 0.378 e. The van der Waals surface area contributed by atoms with Gasteiger partial charge in [-0.1, -0.05) is 54.5 Å². The van der Waals surface area contributed by atoms with E-state index in [-0.39, 0.29) is 11.3 Å². The van der Waals surface area contributed by atoms with E-state index in [4.69, 9.17) is 18.9 Å². The van der Waals surface area contributed by atoms with Gasteiger partial charge in [-0.3, -0.25) is 4.79 Å².